The van der Waals surface area contributed by atoms with Gasteiger partial charge in [-0.1, -0.05) is 28.1 Å². The molecule has 0 aliphatic carbocycles. The number of amides is 1. The largest absolute Gasteiger partial charge is 0.322 e. The van der Waals surface area contributed by atoms with Gasteiger partial charge in [-0.15, -0.1) is 0 Å². The summed E-state index contributed by atoms with van der Waals surface area (Å²) in [5.74, 6) is -0.100. The van der Waals surface area contributed by atoms with Gasteiger partial charge in [0.1, 0.15) is 0 Å². The van der Waals surface area contributed by atoms with Crippen LogP contribution >= 0.6 is 15.9 Å². The Labute approximate surface area is 156 Å². The zero-order valence-electron chi connectivity index (χ0n) is 13.8. The zero-order chi connectivity index (χ0) is 18.0. The average Bonchev–Trinajstić information content (AvgIpc) is 2.61. The fourth-order valence-electron chi connectivity index (χ4n) is 2.86. The van der Waals surface area contributed by atoms with Crippen LogP contribution in [0.25, 0.3) is 0 Å². The predicted octanol–water partition coefficient (Wildman–Crippen LogP) is 3.41. The molecule has 0 radical (unpaired) electrons. The Kier molecular flexibility index (Phi) is 5.27. The van der Waals surface area contributed by atoms with Gasteiger partial charge in [-0.05, 0) is 54.8 Å². The molecule has 1 aliphatic heterocycles. The van der Waals surface area contributed by atoms with Crippen LogP contribution in [0.4, 0.5) is 5.69 Å². The smallest absolute Gasteiger partial charge is 0.255 e. The van der Waals surface area contributed by atoms with Crippen molar-refractivity contribution in [2.75, 3.05) is 17.6 Å². The highest BCUT2D eigenvalue weighted by molar-refractivity contribution is 9.10. The monoisotopic (exact) mass is 422 g/mol. The molecule has 5 nitrogen and oxygen atoms in total. The van der Waals surface area contributed by atoms with Crippen molar-refractivity contribution in [1.29, 1.82) is 0 Å². The van der Waals surface area contributed by atoms with Crippen molar-refractivity contribution >= 4 is 37.5 Å². The van der Waals surface area contributed by atoms with Crippen LogP contribution in [0.5, 0.6) is 0 Å². The maximum atomic E-state index is 12.4. The molecule has 7 heteroatoms. The zero-order valence-corrected chi connectivity index (χ0v) is 16.2. The maximum absolute atomic E-state index is 12.4. The lowest BCUT2D eigenvalue weighted by Gasteiger charge is -2.28. The summed E-state index contributed by atoms with van der Waals surface area (Å²) >= 11 is 3.35. The number of carbonyl (C=O) groups is 1. The number of benzene rings is 2. The van der Waals surface area contributed by atoms with E-state index in [1.807, 2.05) is 24.3 Å². The molecule has 1 amide bonds. The molecular weight excluding hydrogens is 404 g/mol. The first-order chi connectivity index (χ1) is 11.9. The lowest BCUT2D eigenvalue weighted by Crippen LogP contribution is -2.36. The second kappa shape index (κ2) is 7.27. The van der Waals surface area contributed by atoms with Crippen molar-refractivity contribution in [2.45, 2.75) is 19.9 Å². The van der Waals surface area contributed by atoms with Crippen LogP contribution in [0.15, 0.2) is 46.9 Å². The number of nitrogens with zero attached hydrogens (tertiary/aromatic N) is 1. The fourth-order valence-corrected chi connectivity index (χ4v) is 4.33. The molecule has 1 aliphatic rings. The normalized spacial score (nSPS) is 14.8. The van der Waals surface area contributed by atoms with Crippen LogP contribution in [0.3, 0.4) is 0 Å². The molecule has 0 fully saturated rings. The molecule has 0 saturated heterocycles. The Bertz CT molecular complexity index is 912. The summed E-state index contributed by atoms with van der Waals surface area (Å²) in [4.78, 5) is 12.4. The van der Waals surface area contributed by atoms with E-state index in [4.69, 9.17) is 0 Å². The lowest BCUT2D eigenvalue weighted by molar-refractivity contribution is 0.102. The first kappa shape index (κ1) is 18.1. The minimum Gasteiger partial charge on any atom is -0.322 e. The molecule has 0 aromatic heterocycles. The molecule has 0 unspecified atom stereocenters. The molecular formula is C18H19BrN2O3S. The van der Waals surface area contributed by atoms with E-state index in [1.54, 1.807) is 25.1 Å². The van der Waals surface area contributed by atoms with Gasteiger partial charge in [0.15, 0.2) is 0 Å². The summed E-state index contributed by atoms with van der Waals surface area (Å²) in [6, 6.07) is 12.8. The minimum atomic E-state index is -3.21. The van der Waals surface area contributed by atoms with Gasteiger partial charge in [0.2, 0.25) is 10.0 Å². The molecule has 2 aromatic carbocycles. The summed E-state index contributed by atoms with van der Waals surface area (Å²) in [6.45, 7) is 2.51. The molecule has 0 spiro atoms. The van der Waals surface area contributed by atoms with Gasteiger partial charge >= 0.3 is 0 Å². The van der Waals surface area contributed by atoms with Gasteiger partial charge in [0.25, 0.3) is 5.91 Å². The van der Waals surface area contributed by atoms with E-state index in [0.717, 1.165) is 15.6 Å². The number of anilines is 1. The third kappa shape index (κ3) is 4.11. The van der Waals surface area contributed by atoms with E-state index >= 15 is 0 Å². The number of hydrogen-bond donors (Lipinski definition) is 1. The number of fused-ring (bicyclic) bond motifs is 1. The van der Waals surface area contributed by atoms with E-state index in [-0.39, 0.29) is 11.7 Å². The van der Waals surface area contributed by atoms with Crippen LogP contribution in [-0.4, -0.2) is 30.9 Å². The van der Waals surface area contributed by atoms with Gasteiger partial charge < -0.3 is 5.32 Å². The van der Waals surface area contributed by atoms with Crippen LogP contribution in [-0.2, 0) is 23.0 Å². The third-order valence-corrected chi connectivity index (χ3v) is 6.61. The third-order valence-electron chi connectivity index (χ3n) is 4.29. The maximum Gasteiger partial charge on any atom is 0.255 e. The number of nitrogens with one attached hydrogen (secondary N) is 1. The summed E-state index contributed by atoms with van der Waals surface area (Å²) in [7, 11) is -3.21. The van der Waals surface area contributed by atoms with Crippen molar-refractivity contribution < 1.29 is 13.2 Å². The number of carbonyl (C=O) groups excluding carboxylic acids is 1. The Morgan fingerprint density at radius 2 is 2.00 bits per heavy atom. The summed E-state index contributed by atoms with van der Waals surface area (Å²) in [5, 5.41) is 2.88. The Hall–Kier alpha value is -1.70. The molecule has 0 atom stereocenters. The first-order valence-electron chi connectivity index (χ1n) is 8.05. The predicted molar refractivity (Wildman–Crippen MR) is 102 cm³/mol. The molecule has 3 rings (SSSR count). The van der Waals surface area contributed by atoms with Crippen molar-refractivity contribution in [3.8, 4) is 0 Å². The number of sulfonamides is 1. The van der Waals surface area contributed by atoms with E-state index in [9.17, 15) is 13.2 Å². The Morgan fingerprint density at radius 1 is 1.20 bits per heavy atom. The summed E-state index contributed by atoms with van der Waals surface area (Å²) in [5.41, 5.74) is 3.29. The first-order valence-corrected chi connectivity index (χ1v) is 10.5. The minimum absolute atomic E-state index is 0.0989. The van der Waals surface area contributed by atoms with E-state index in [2.05, 4.69) is 21.2 Å². The fraction of sp³-hybridized carbons (Fsp3) is 0.278. The van der Waals surface area contributed by atoms with Crippen LogP contribution in [0, 0.1) is 0 Å². The number of hydrogen-bond acceptors (Lipinski definition) is 3. The SMILES string of the molecule is CCS(=O)(=O)N1CCc2ccc(NC(=O)c3cccc(Br)c3)cc2C1. The van der Waals surface area contributed by atoms with Crippen LogP contribution in [0.1, 0.15) is 28.4 Å². The summed E-state index contributed by atoms with van der Waals surface area (Å²) < 4.78 is 26.5. The van der Waals surface area contributed by atoms with Gasteiger partial charge in [-0.2, -0.15) is 4.31 Å². The van der Waals surface area contributed by atoms with Crippen molar-refractivity contribution in [3.05, 3.63) is 63.6 Å². The number of halogens is 1. The topological polar surface area (TPSA) is 66.5 Å². The molecule has 132 valence electrons. The highest BCUT2D eigenvalue weighted by atomic mass is 79.9. The molecule has 1 N–H and O–H groups in total. The van der Waals surface area contributed by atoms with Crippen LogP contribution in [0.2, 0.25) is 0 Å². The Balaban J connectivity index is 1.79. The Morgan fingerprint density at radius 3 is 2.72 bits per heavy atom. The summed E-state index contributed by atoms with van der Waals surface area (Å²) in [6.07, 6.45) is 0.689. The lowest BCUT2D eigenvalue weighted by atomic mass is 10.0. The second-order valence-corrected chi connectivity index (χ2v) is 9.11. The number of rotatable bonds is 4. The van der Waals surface area contributed by atoms with E-state index in [1.165, 1.54) is 4.31 Å². The molecule has 25 heavy (non-hydrogen) atoms. The quantitative estimate of drug-likeness (QED) is 0.820. The van der Waals surface area contributed by atoms with Crippen molar-refractivity contribution in [2.24, 2.45) is 0 Å². The molecule has 1 heterocycles. The molecule has 0 saturated carbocycles. The van der Waals surface area contributed by atoms with Gasteiger partial charge in [-0.3, -0.25) is 4.79 Å². The molecule has 0 bridgehead atoms. The highest BCUT2D eigenvalue weighted by Crippen LogP contribution is 2.25. The van der Waals surface area contributed by atoms with Crippen molar-refractivity contribution in [1.82, 2.24) is 4.31 Å². The second-order valence-electron chi connectivity index (χ2n) is 5.93. The average molecular weight is 423 g/mol. The van der Waals surface area contributed by atoms with E-state index < -0.39 is 10.0 Å². The van der Waals surface area contributed by atoms with Crippen molar-refractivity contribution in [3.63, 3.8) is 0 Å². The van der Waals surface area contributed by atoms with Gasteiger partial charge in [0.05, 0.1) is 5.75 Å². The van der Waals surface area contributed by atoms with Crippen LogP contribution < -0.4 is 5.32 Å². The molecule has 2 aromatic rings. The van der Waals surface area contributed by atoms with Gasteiger partial charge in [0, 0.05) is 28.8 Å². The van der Waals surface area contributed by atoms with Gasteiger partial charge in [-0.25, -0.2) is 8.42 Å². The van der Waals surface area contributed by atoms with E-state index in [0.29, 0.717) is 30.8 Å². The standard InChI is InChI=1S/C18H19BrN2O3S/c1-2-25(23,24)21-9-8-13-6-7-17(11-15(13)12-21)20-18(22)14-4-3-5-16(19)10-14/h3-7,10-11H,2,8-9,12H2,1H3,(H,20,22). The highest BCUT2D eigenvalue weighted by Gasteiger charge is 2.25.